The summed E-state index contributed by atoms with van der Waals surface area (Å²) in [5.74, 6) is -0.645. The largest absolute Gasteiger partial charge is 0.461 e. The number of aldehydes is 1. The monoisotopic (exact) mass is 834 g/mol. The molecule has 1 aromatic rings. The molecule has 0 saturated heterocycles. The van der Waals surface area contributed by atoms with Crippen LogP contribution in [0.1, 0.15) is 121 Å². The Labute approximate surface area is 353 Å². The third-order valence-electron chi connectivity index (χ3n) is 6.60. The van der Waals surface area contributed by atoms with E-state index in [0.717, 1.165) is 31.1 Å². The van der Waals surface area contributed by atoms with Crippen LogP contribution >= 0.6 is 0 Å². The van der Waals surface area contributed by atoms with Crippen LogP contribution in [0.4, 0.5) is 0 Å². The van der Waals surface area contributed by atoms with Crippen molar-refractivity contribution in [1.82, 2.24) is 16.0 Å². The average Bonchev–Trinajstić information content (AvgIpc) is 3.25. The highest BCUT2D eigenvalue weighted by atomic mass is 16.6. The Balaban J connectivity index is -0.000000184. The van der Waals surface area contributed by atoms with Gasteiger partial charge in [-0.05, 0) is 37.9 Å². The number of esters is 1. The molecule has 0 spiro atoms. The molecule has 0 heterocycles. The summed E-state index contributed by atoms with van der Waals surface area (Å²) >= 11 is 0. The molecule has 0 aliphatic carbocycles. The lowest BCUT2D eigenvalue weighted by Gasteiger charge is -2.16. The van der Waals surface area contributed by atoms with Crippen LogP contribution in [-0.4, -0.2) is 115 Å². The van der Waals surface area contributed by atoms with Gasteiger partial charge in [-0.25, -0.2) is 0 Å². The first-order valence-electron chi connectivity index (χ1n) is 21.2. The van der Waals surface area contributed by atoms with Gasteiger partial charge in [0.05, 0.1) is 64.9 Å². The number of ether oxygens (including phenoxy) is 5. The van der Waals surface area contributed by atoms with Gasteiger partial charge in [-0.2, -0.15) is 0 Å². The van der Waals surface area contributed by atoms with Gasteiger partial charge in [0, 0.05) is 26.3 Å². The molecule has 1 rings (SSSR count). The van der Waals surface area contributed by atoms with Crippen LogP contribution in [0, 0.1) is 5.92 Å². The molecule has 0 radical (unpaired) electrons. The highest BCUT2D eigenvalue weighted by molar-refractivity contribution is 5.80. The summed E-state index contributed by atoms with van der Waals surface area (Å²) in [6.07, 6.45) is 4.11. The predicted molar refractivity (Wildman–Crippen MR) is 236 cm³/mol. The third kappa shape index (κ3) is 54.6. The van der Waals surface area contributed by atoms with Crippen LogP contribution in [0.2, 0.25) is 0 Å². The van der Waals surface area contributed by atoms with Gasteiger partial charge in [0.25, 0.3) is 0 Å². The molecule has 344 valence electrons. The van der Waals surface area contributed by atoms with Crippen LogP contribution in [0.15, 0.2) is 30.3 Å². The van der Waals surface area contributed by atoms with Gasteiger partial charge >= 0.3 is 5.97 Å². The number of nitrogens with two attached hydrogens (primary N) is 2. The number of carbonyl (C=O) groups excluding carboxylic acids is 5. The molecule has 0 aliphatic heterocycles. The van der Waals surface area contributed by atoms with Crippen molar-refractivity contribution < 1.29 is 47.7 Å². The molecule has 0 bridgehead atoms. The van der Waals surface area contributed by atoms with E-state index in [2.05, 4.69) is 16.0 Å². The minimum absolute atomic E-state index is 0.0157. The summed E-state index contributed by atoms with van der Waals surface area (Å²) < 4.78 is 26.1. The first-order valence-corrected chi connectivity index (χ1v) is 21.2. The second-order valence-electron chi connectivity index (χ2n) is 11.2. The third-order valence-corrected chi connectivity index (χ3v) is 6.60. The van der Waals surface area contributed by atoms with Gasteiger partial charge in [-0.1, -0.05) is 113 Å². The van der Waals surface area contributed by atoms with Crippen molar-refractivity contribution in [2.45, 2.75) is 134 Å². The number of benzene rings is 1. The quantitative estimate of drug-likeness (QED) is 0.0430. The summed E-state index contributed by atoms with van der Waals surface area (Å²) in [6.45, 7) is 27.9. The molecule has 2 unspecified atom stereocenters. The number of unbranched alkanes of at least 4 members (excludes halogenated alkanes) is 1. The Bertz CT molecular complexity index is 1010. The minimum atomic E-state index is -0.455. The van der Waals surface area contributed by atoms with E-state index in [-0.39, 0.29) is 48.7 Å². The lowest BCUT2D eigenvalue weighted by molar-refractivity contribution is -0.142. The zero-order chi connectivity index (χ0) is 45.8. The molecule has 3 amide bonds. The Morgan fingerprint density at radius 3 is 1.62 bits per heavy atom. The van der Waals surface area contributed by atoms with Gasteiger partial charge in [0.15, 0.2) is 0 Å². The highest BCUT2D eigenvalue weighted by Crippen LogP contribution is 2.01. The van der Waals surface area contributed by atoms with Gasteiger partial charge in [-0.15, -0.1) is 0 Å². The highest BCUT2D eigenvalue weighted by Gasteiger charge is 2.14. The van der Waals surface area contributed by atoms with Gasteiger partial charge in [0.2, 0.25) is 17.7 Å². The van der Waals surface area contributed by atoms with Crippen LogP contribution in [0.25, 0.3) is 0 Å². The number of likely N-dealkylation sites (N-methyl/N-ethyl adjacent to an activating group) is 1. The maximum absolute atomic E-state index is 11.7. The van der Waals surface area contributed by atoms with Crippen LogP contribution in [0.5, 0.6) is 0 Å². The molecule has 0 aromatic heterocycles. The normalized spacial score (nSPS) is 10.4. The van der Waals surface area contributed by atoms with Crippen LogP contribution < -0.4 is 27.4 Å². The van der Waals surface area contributed by atoms with Crippen molar-refractivity contribution >= 4 is 30.0 Å². The van der Waals surface area contributed by atoms with Crippen molar-refractivity contribution in [3.63, 3.8) is 0 Å². The molecular formula is C43H87N5O10. The van der Waals surface area contributed by atoms with E-state index in [1.54, 1.807) is 14.0 Å². The van der Waals surface area contributed by atoms with E-state index in [9.17, 15) is 24.0 Å². The standard InChI is InChI=1S/C19H36N2O7.C9H10O2.C7H17N3O.4C2H6/c1-4-18(23)20-6-8-26-10-12-28-14-13-27-11-9-25-7-5-19(24)21-17(15-22)16(2)3;1-8(10)11-7-9-5-3-2-4-6-9;1-10-6(7(9)11)4-2-3-5-8;4*1-2/h15-17H,4-14H2,1-3H3,(H,20,23)(H,21,24);2-6H,7H2,1H3;6,10H,2-5,8H2,1H3,(H2,9,11);4*1-2H3. The lowest BCUT2D eigenvalue weighted by atomic mass is 10.1. The zero-order valence-electron chi connectivity index (χ0n) is 38.7. The molecule has 1 aromatic carbocycles. The van der Waals surface area contributed by atoms with Gasteiger partial charge < -0.3 is 55.9 Å². The number of carbonyl (C=O) groups is 5. The number of hydrogen-bond acceptors (Lipinski definition) is 12. The van der Waals surface area contributed by atoms with Crippen molar-refractivity contribution in [3.8, 4) is 0 Å². The smallest absolute Gasteiger partial charge is 0.302 e. The maximum atomic E-state index is 11.7. The Morgan fingerprint density at radius 1 is 0.741 bits per heavy atom. The first-order chi connectivity index (χ1) is 28.0. The Kier molecular flexibility index (Phi) is 66.2. The van der Waals surface area contributed by atoms with Gasteiger partial charge in [-0.3, -0.25) is 19.2 Å². The molecule has 58 heavy (non-hydrogen) atoms. The van der Waals surface area contributed by atoms with E-state index in [4.69, 9.17) is 35.2 Å². The second-order valence-corrected chi connectivity index (χ2v) is 11.2. The number of amides is 3. The maximum Gasteiger partial charge on any atom is 0.302 e. The predicted octanol–water partition coefficient (Wildman–Crippen LogP) is 5.35. The van der Waals surface area contributed by atoms with E-state index < -0.39 is 6.04 Å². The van der Waals surface area contributed by atoms with Crippen LogP contribution in [-0.2, 0) is 54.3 Å². The summed E-state index contributed by atoms with van der Waals surface area (Å²) in [4.78, 5) is 54.5. The van der Waals surface area contributed by atoms with Crippen molar-refractivity contribution in [2.24, 2.45) is 17.4 Å². The fraction of sp³-hybridized carbons (Fsp3) is 0.744. The molecule has 15 nitrogen and oxygen atoms in total. The van der Waals surface area contributed by atoms with E-state index in [1.165, 1.54) is 6.92 Å². The van der Waals surface area contributed by atoms with Gasteiger partial charge in [0.1, 0.15) is 12.9 Å². The Hall–Kier alpha value is -3.47. The van der Waals surface area contributed by atoms with Crippen molar-refractivity contribution in [2.75, 3.05) is 73.0 Å². The second kappa shape index (κ2) is 57.9. The van der Waals surface area contributed by atoms with Crippen molar-refractivity contribution in [1.29, 1.82) is 0 Å². The fourth-order valence-corrected chi connectivity index (χ4v) is 3.61. The fourth-order valence-electron chi connectivity index (χ4n) is 3.61. The molecule has 7 N–H and O–H groups in total. The SMILES string of the molecule is CC.CC.CC.CC.CC(=O)OCc1ccccc1.CCC(=O)NCCOCCOCCOCCOCCC(=O)NC(C=O)C(C)C.CNC(CCCCN)C(N)=O. The summed E-state index contributed by atoms with van der Waals surface area (Å²) in [5.41, 5.74) is 11.4. The van der Waals surface area contributed by atoms with E-state index >= 15 is 0 Å². The lowest BCUT2D eigenvalue weighted by Crippen LogP contribution is -2.40. The molecular weight excluding hydrogens is 746 g/mol. The first kappa shape index (κ1) is 66.3. The molecule has 0 saturated carbocycles. The molecule has 2 atom stereocenters. The number of nitrogens with one attached hydrogen (secondary N) is 3. The topological polar surface area (TPSA) is 220 Å². The number of rotatable bonds is 27. The van der Waals surface area contributed by atoms with E-state index in [0.29, 0.717) is 72.4 Å². The summed E-state index contributed by atoms with van der Waals surface area (Å²) in [6, 6.07) is 8.95. The number of hydrogen-bond donors (Lipinski definition) is 5. The summed E-state index contributed by atoms with van der Waals surface area (Å²) in [5, 5.41) is 8.22. The minimum Gasteiger partial charge on any atom is -0.461 e. The van der Waals surface area contributed by atoms with Crippen molar-refractivity contribution in [3.05, 3.63) is 35.9 Å². The number of primary amides is 1. The molecule has 0 fully saturated rings. The average molecular weight is 834 g/mol. The molecule has 0 aliphatic rings. The van der Waals surface area contributed by atoms with E-state index in [1.807, 2.05) is 99.6 Å². The molecule has 15 heteroatoms. The Morgan fingerprint density at radius 2 is 1.22 bits per heavy atom. The summed E-state index contributed by atoms with van der Waals surface area (Å²) in [7, 11) is 1.73. The zero-order valence-corrected chi connectivity index (χ0v) is 38.7. The van der Waals surface area contributed by atoms with Crippen LogP contribution in [0.3, 0.4) is 0 Å².